The van der Waals surface area contributed by atoms with Crippen LogP contribution in [0.2, 0.25) is 0 Å². The van der Waals surface area contributed by atoms with Crippen LogP contribution in [0.1, 0.15) is 101 Å². The summed E-state index contributed by atoms with van der Waals surface area (Å²) in [6, 6.07) is 0. The monoisotopic (exact) mass is 534 g/mol. The molecule has 7 heteroatoms. The molecule has 4 aliphatic rings. The van der Waals surface area contributed by atoms with Crippen molar-refractivity contribution in [2.45, 2.75) is 130 Å². The average Bonchev–Trinajstić information content (AvgIpc) is 2.94. The lowest BCUT2D eigenvalue weighted by atomic mass is 9.36. The molecule has 0 aromatic heterocycles. The Morgan fingerprint density at radius 2 is 1.61 bits per heavy atom. The first-order valence-electron chi connectivity index (χ1n) is 14.3. The van der Waals surface area contributed by atoms with E-state index in [1.807, 2.05) is 27.7 Å². The van der Waals surface area contributed by atoms with Crippen molar-refractivity contribution in [3.63, 3.8) is 0 Å². The van der Waals surface area contributed by atoms with Crippen LogP contribution in [0.3, 0.4) is 0 Å². The maximum Gasteiger partial charge on any atom is 0.164 e. The van der Waals surface area contributed by atoms with Crippen molar-refractivity contribution in [3.8, 4) is 0 Å². The number of hydrogen-bond donors (Lipinski definition) is 5. The van der Waals surface area contributed by atoms with Crippen molar-refractivity contribution in [1.29, 1.82) is 0 Å². The second kappa shape index (κ2) is 8.45. The van der Waals surface area contributed by atoms with Gasteiger partial charge in [-0.15, -0.1) is 0 Å². The molecule has 0 bridgehead atoms. The normalized spacial score (nSPS) is 47.9. The molecule has 10 unspecified atom stereocenters. The molecular formula is C31H50O7. The summed E-state index contributed by atoms with van der Waals surface area (Å²) in [6.45, 7) is 16.4. The largest absolute Gasteiger partial charge is 0.392 e. The van der Waals surface area contributed by atoms with Gasteiger partial charge in [-0.25, -0.2) is 0 Å². The molecule has 4 rings (SSSR count). The molecule has 5 N–H and O–H groups in total. The first-order chi connectivity index (χ1) is 17.0. The molecule has 0 aromatic carbocycles. The smallest absolute Gasteiger partial charge is 0.164 e. The summed E-state index contributed by atoms with van der Waals surface area (Å²) in [5.41, 5.74) is -6.21. The number of aliphatic hydroxyl groups excluding tert-OH is 3. The van der Waals surface area contributed by atoms with Crippen LogP contribution < -0.4 is 0 Å². The van der Waals surface area contributed by atoms with Crippen LogP contribution in [0.15, 0.2) is 11.6 Å². The zero-order chi connectivity index (χ0) is 29.1. The number of aliphatic hydroxyl groups is 5. The number of carbonyl (C=O) groups is 2. The van der Waals surface area contributed by atoms with Crippen LogP contribution in [0.5, 0.6) is 0 Å². The van der Waals surface area contributed by atoms with Crippen molar-refractivity contribution >= 4 is 11.6 Å². The Bertz CT molecular complexity index is 1050. The van der Waals surface area contributed by atoms with Crippen molar-refractivity contribution in [2.24, 2.45) is 38.9 Å². The van der Waals surface area contributed by atoms with E-state index in [1.54, 1.807) is 20.8 Å². The molecule has 3 fully saturated rings. The molecule has 216 valence electrons. The highest BCUT2D eigenvalue weighted by Gasteiger charge is 2.78. The fourth-order valence-corrected chi connectivity index (χ4v) is 9.64. The van der Waals surface area contributed by atoms with Gasteiger partial charge in [-0.2, -0.15) is 0 Å². The number of fused-ring (bicyclic) bond motifs is 5. The molecule has 38 heavy (non-hydrogen) atoms. The van der Waals surface area contributed by atoms with E-state index in [0.29, 0.717) is 19.3 Å². The quantitative estimate of drug-likeness (QED) is 0.341. The van der Waals surface area contributed by atoms with Gasteiger partial charge in [0.05, 0.1) is 23.9 Å². The van der Waals surface area contributed by atoms with Gasteiger partial charge >= 0.3 is 0 Å². The van der Waals surface area contributed by atoms with Crippen LogP contribution >= 0.6 is 0 Å². The molecule has 0 saturated heterocycles. The Kier molecular flexibility index (Phi) is 6.64. The molecule has 0 amide bonds. The minimum atomic E-state index is -1.92. The fourth-order valence-electron chi connectivity index (χ4n) is 9.64. The highest BCUT2D eigenvalue weighted by Crippen LogP contribution is 2.77. The van der Waals surface area contributed by atoms with Gasteiger partial charge in [0.15, 0.2) is 5.78 Å². The summed E-state index contributed by atoms with van der Waals surface area (Å²) in [5, 5.41) is 55.4. The van der Waals surface area contributed by atoms with Crippen LogP contribution in [0.25, 0.3) is 0 Å². The summed E-state index contributed by atoms with van der Waals surface area (Å²) in [4.78, 5) is 27.9. The first kappa shape index (κ1) is 29.9. The summed E-state index contributed by atoms with van der Waals surface area (Å²) in [5.74, 6) is -0.824. The topological polar surface area (TPSA) is 135 Å². The van der Waals surface area contributed by atoms with Gasteiger partial charge < -0.3 is 25.5 Å². The minimum absolute atomic E-state index is 0.0255. The van der Waals surface area contributed by atoms with Crippen molar-refractivity contribution in [2.75, 3.05) is 0 Å². The van der Waals surface area contributed by atoms with Gasteiger partial charge in [-0.05, 0) is 69.1 Å². The lowest BCUT2D eigenvalue weighted by Crippen LogP contribution is -2.68. The van der Waals surface area contributed by atoms with E-state index in [-0.39, 0.29) is 36.9 Å². The predicted octanol–water partition coefficient (Wildman–Crippen LogP) is 3.33. The van der Waals surface area contributed by atoms with Gasteiger partial charge in [0.1, 0.15) is 11.4 Å². The van der Waals surface area contributed by atoms with Gasteiger partial charge in [0.25, 0.3) is 0 Å². The average molecular weight is 535 g/mol. The Morgan fingerprint density at radius 3 is 2.16 bits per heavy atom. The highest BCUT2D eigenvalue weighted by atomic mass is 16.3. The third-order valence-corrected chi connectivity index (χ3v) is 12.8. The van der Waals surface area contributed by atoms with E-state index in [2.05, 4.69) is 13.0 Å². The van der Waals surface area contributed by atoms with E-state index in [0.717, 1.165) is 5.57 Å². The lowest BCUT2D eigenvalue weighted by Gasteiger charge is -2.66. The van der Waals surface area contributed by atoms with Gasteiger partial charge in [-0.3, -0.25) is 9.59 Å². The van der Waals surface area contributed by atoms with Crippen LogP contribution in [0, 0.1) is 38.9 Å². The first-order valence-corrected chi connectivity index (χ1v) is 14.3. The van der Waals surface area contributed by atoms with E-state index in [4.69, 9.17) is 0 Å². The van der Waals surface area contributed by atoms with E-state index >= 15 is 0 Å². The summed E-state index contributed by atoms with van der Waals surface area (Å²) < 4.78 is 0. The SMILES string of the molecule is CC(C)(O)CCC(=O)C(C)(O)C1(C)C(O)CC2(C)C3CC=C4C(CC(O)C(O)C4(C)C)C3(C)C(=O)CC21C. The molecule has 0 heterocycles. The summed E-state index contributed by atoms with van der Waals surface area (Å²) in [7, 11) is 0. The molecule has 0 spiro atoms. The third kappa shape index (κ3) is 3.50. The molecule has 3 saturated carbocycles. The standard InChI is InChI=1S/C31H50O7/c1-25(2,37)13-12-21(33)31(9,38)30(8)23(35)15-27(5)20-11-10-17-18(14-19(32)24(36)26(17,3)4)29(20,7)22(34)16-28(27,30)6/h10,18-20,23-24,32,35-38H,11-16H2,1-9H3. The number of Topliss-reactive ketones (excluding diaryl/α,β-unsaturated/α-hetero) is 2. The van der Waals surface area contributed by atoms with E-state index < -0.39 is 62.4 Å². The second-order valence-electron chi connectivity index (χ2n) is 15.3. The maximum absolute atomic E-state index is 14.4. The van der Waals surface area contributed by atoms with E-state index in [1.165, 1.54) is 6.92 Å². The van der Waals surface area contributed by atoms with Crippen LogP contribution in [-0.2, 0) is 9.59 Å². The number of hydrogen-bond acceptors (Lipinski definition) is 7. The van der Waals surface area contributed by atoms with Gasteiger partial charge in [0, 0.05) is 29.1 Å². The van der Waals surface area contributed by atoms with E-state index in [9.17, 15) is 35.1 Å². The van der Waals surface area contributed by atoms with Gasteiger partial charge in [0.2, 0.25) is 0 Å². The highest BCUT2D eigenvalue weighted by molar-refractivity contribution is 5.91. The zero-order valence-electron chi connectivity index (χ0n) is 24.8. The molecular weight excluding hydrogens is 484 g/mol. The summed E-state index contributed by atoms with van der Waals surface area (Å²) in [6.07, 6.45) is 0.745. The number of allylic oxidation sites excluding steroid dienone is 1. The van der Waals surface area contributed by atoms with Crippen molar-refractivity contribution in [1.82, 2.24) is 0 Å². The number of carbonyl (C=O) groups excluding carboxylic acids is 2. The lowest BCUT2D eigenvalue weighted by molar-refractivity contribution is -0.212. The minimum Gasteiger partial charge on any atom is -0.392 e. The Morgan fingerprint density at radius 1 is 1.03 bits per heavy atom. The molecule has 7 nitrogen and oxygen atoms in total. The van der Waals surface area contributed by atoms with Crippen molar-refractivity contribution in [3.05, 3.63) is 11.6 Å². The Balaban J connectivity index is 1.81. The fraction of sp³-hybridized carbons (Fsp3) is 0.871. The van der Waals surface area contributed by atoms with Crippen LogP contribution in [0.4, 0.5) is 0 Å². The van der Waals surface area contributed by atoms with Crippen LogP contribution in [-0.4, -0.2) is 66.6 Å². The Labute approximate surface area is 227 Å². The number of rotatable bonds is 5. The molecule has 0 radical (unpaired) electrons. The second-order valence-corrected chi connectivity index (χ2v) is 15.3. The molecule has 0 aromatic rings. The van der Waals surface area contributed by atoms with Gasteiger partial charge in [-0.1, -0.05) is 53.2 Å². The molecule has 0 aliphatic heterocycles. The molecule has 10 atom stereocenters. The number of ketones is 2. The summed E-state index contributed by atoms with van der Waals surface area (Å²) >= 11 is 0. The molecule has 4 aliphatic carbocycles. The predicted molar refractivity (Wildman–Crippen MR) is 144 cm³/mol. The Hall–Kier alpha value is -1.12. The van der Waals surface area contributed by atoms with Crippen molar-refractivity contribution < 1.29 is 35.1 Å². The zero-order valence-corrected chi connectivity index (χ0v) is 24.8. The maximum atomic E-state index is 14.4. The third-order valence-electron chi connectivity index (χ3n) is 12.8.